The molecule has 5 nitrogen and oxygen atoms in total. The molecule has 3 N–H and O–H groups in total. The van der Waals surface area contributed by atoms with Gasteiger partial charge in [0, 0.05) is 50.2 Å². The zero-order chi connectivity index (χ0) is 19.0. The highest BCUT2D eigenvalue weighted by atomic mass is 32.2. The molecule has 6 heteroatoms. The van der Waals surface area contributed by atoms with E-state index in [2.05, 4.69) is 58.2 Å². The van der Waals surface area contributed by atoms with Crippen molar-refractivity contribution in [1.82, 2.24) is 16.0 Å². The molecule has 0 amide bonds. The lowest BCUT2D eigenvalue weighted by atomic mass is 9.88. The normalized spacial score (nSPS) is 24.2. The van der Waals surface area contributed by atoms with E-state index in [9.17, 15) is 0 Å². The molecule has 0 bridgehead atoms. The fourth-order valence-corrected chi connectivity index (χ4v) is 4.99. The summed E-state index contributed by atoms with van der Waals surface area (Å²) in [5, 5.41) is 11.1. The van der Waals surface area contributed by atoms with Crippen LogP contribution in [0.15, 0.2) is 35.3 Å². The topological polar surface area (TPSA) is 57.7 Å². The number of benzene rings is 1. The van der Waals surface area contributed by atoms with Gasteiger partial charge in [-0.05, 0) is 43.9 Å². The largest absolute Gasteiger partial charge is 0.381 e. The summed E-state index contributed by atoms with van der Waals surface area (Å²) in [7, 11) is 1.86. The number of guanidine groups is 1. The molecule has 2 heterocycles. The maximum absolute atomic E-state index is 5.65. The predicted octanol–water partition coefficient (Wildman–Crippen LogP) is 2.95. The lowest BCUT2D eigenvalue weighted by molar-refractivity contribution is 0.0354. The van der Waals surface area contributed by atoms with E-state index in [0.29, 0.717) is 12.1 Å². The fourth-order valence-electron chi connectivity index (χ4n) is 3.91. The van der Waals surface area contributed by atoms with Gasteiger partial charge < -0.3 is 20.7 Å². The molecule has 3 rings (SSSR count). The molecular weight excluding hydrogens is 356 g/mol. The molecule has 2 aliphatic heterocycles. The first kappa shape index (κ1) is 20.5. The molecular formula is C21H34N4OS. The zero-order valence-corrected chi connectivity index (χ0v) is 17.5. The van der Waals surface area contributed by atoms with Crippen molar-refractivity contribution in [3.8, 4) is 0 Å². The number of ether oxygens (including phenoxy) is 1. The first-order valence-electron chi connectivity index (χ1n) is 10.2. The lowest BCUT2D eigenvalue weighted by Gasteiger charge is -2.41. The van der Waals surface area contributed by atoms with Crippen molar-refractivity contribution in [2.45, 2.75) is 50.2 Å². The first-order valence-corrected chi connectivity index (χ1v) is 11.3. The van der Waals surface area contributed by atoms with Gasteiger partial charge in [0.15, 0.2) is 5.96 Å². The highest BCUT2D eigenvalue weighted by Gasteiger charge is 2.34. The molecule has 2 aliphatic rings. The van der Waals surface area contributed by atoms with Gasteiger partial charge in [-0.1, -0.05) is 30.3 Å². The number of aliphatic imine (C=N–C) groups is 1. The Labute approximate surface area is 168 Å². The number of nitrogens with zero attached hydrogens (tertiary/aromatic N) is 1. The van der Waals surface area contributed by atoms with E-state index in [4.69, 9.17) is 4.74 Å². The van der Waals surface area contributed by atoms with Crippen LogP contribution in [-0.2, 0) is 4.74 Å². The van der Waals surface area contributed by atoms with Crippen molar-refractivity contribution < 1.29 is 4.74 Å². The summed E-state index contributed by atoms with van der Waals surface area (Å²) in [5.41, 5.74) is 1.34. The Kier molecular flexibility index (Phi) is 7.85. The Bertz CT molecular complexity index is 583. The van der Waals surface area contributed by atoms with E-state index >= 15 is 0 Å². The van der Waals surface area contributed by atoms with E-state index < -0.39 is 0 Å². The van der Waals surface area contributed by atoms with Crippen LogP contribution in [0.4, 0.5) is 0 Å². The van der Waals surface area contributed by atoms with Gasteiger partial charge in [-0.25, -0.2) is 0 Å². The molecule has 0 aliphatic carbocycles. The van der Waals surface area contributed by atoms with Crippen molar-refractivity contribution >= 4 is 17.7 Å². The van der Waals surface area contributed by atoms with Crippen LogP contribution in [0.1, 0.15) is 44.2 Å². The van der Waals surface area contributed by atoms with Crippen molar-refractivity contribution in [3.05, 3.63) is 35.9 Å². The summed E-state index contributed by atoms with van der Waals surface area (Å²) >= 11 is 2.03. The molecule has 0 aromatic heterocycles. The van der Waals surface area contributed by atoms with Crippen LogP contribution in [0.3, 0.4) is 0 Å². The third-order valence-corrected chi connectivity index (χ3v) is 6.81. The monoisotopic (exact) mass is 390 g/mol. The number of nitrogens with one attached hydrogen (secondary N) is 3. The van der Waals surface area contributed by atoms with E-state index in [-0.39, 0.29) is 5.54 Å². The average molecular weight is 391 g/mol. The molecule has 1 aromatic carbocycles. The van der Waals surface area contributed by atoms with Gasteiger partial charge in [0.25, 0.3) is 0 Å². The van der Waals surface area contributed by atoms with Crippen molar-refractivity contribution in [1.29, 1.82) is 0 Å². The Morgan fingerprint density at radius 3 is 2.74 bits per heavy atom. The predicted molar refractivity (Wildman–Crippen MR) is 116 cm³/mol. The minimum atomic E-state index is 0.0203. The number of hydrogen-bond donors (Lipinski definition) is 3. The molecule has 2 atom stereocenters. The third-order valence-electron chi connectivity index (χ3n) is 5.59. The van der Waals surface area contributed by atoms with E-state index in [0.717, 1.165) is 38.6 Å². The zero-order valence-electron chi connectivity index (χ0n) is 16.7. The second kappa shape index (κ2) is 10.3. The standard InChI is InChI=1S/C21H34N4OS/c1-17(18-7-4-3-5-8-18)25-21(10-12-26-13-11-21)16-23-20(22-2)24-19-9-6-14-27-15-19/h3-5,7-8,17,19,25H,6,9-16H2,1-2H3,(H2,22,23,24). The maximum Gasteiger partial charge on any atom is 0.191 e. The van der Waals surface area contributed by atoms with Crippen molar-refractivity contribution in [2.24, 2.45) is 4.99 Å². The van der Waals surface area contributed by atoms with Crippen LogP contribution in [0.25, 0.3) is 0 Å². The molecule has 0 saturated carbocycles. The first-order chi connectivity index (χ1) is 13.2. The summed E-state index contributed by atoms with van der Waals surface area (Å²) < 4.78 is 5.65. The molecule has 2 unspecified atom stereocenters. The minimum absolute atomic E-state index is 0.0203. The Balaban J connectivity index is 1.60. The highest BCUT2D eigenvalue weighted by molar-refractivity contribution is 7.99. The van der Waals surface area contributed by atoms with Gasteiger partial charge in [0.05, 0.1) is 0 Å². The summed E-state index contributed by atoms with van der Waals surface area (Å²) in [6.45, 7) is 4.72. The van der Waals surface area contributed by atoms with Gasteiger partial charge in [0.1, 0.15) is 0 Å². The smallest absolute Gasteiger partial charge is 0.191 e. The molecule has 0 spiro atoms. The third kappa shape index (κ3) is 6.13. The van der Waals surface area contributed by atoms with Crippen LogP contribution >= 0.6 is 11.8 Å². The van der Waals surface area contributed by atoms with Crippen LogP contribution < -0.4 is 16.0 Å². The van der Waals surface area contributed by atoms with Crippen LogP contribution in [0.5, 0.6) is 0 Å². The Hall–Kier alpha value is -1.24. The second-order valence-corrected chi connectivity index (χ2v) is 8.80. The van der Waals surface area contributed by atoms with Crippen LogP contribution in [-0.4, -0.2) is 55.9 Å². The summed E-state index contributed by atoms with van der Waals surface area (Å²) in [6.07, 6.45) is 4.54. The molecule has 27 heavy (non-hydrogen) atoms. The quantitative estimate of drug-likeness (QED) is 0.515. The van der Waals surface area contributed by atoms with Crippen LogP contribution in [0, 0.1) is 0 Å². The summed E-state index contributed by atoms with van der Waals surface area (Å²) in [4.78, 5) is 4.46. The number of rotatable bonds is 6. The Morgan fingerprint density at radius 1 is 1.30 bits per heavy atom. The van der Waals surface area contributed by atoms with Gasteiger partial charge in [0.2, 0.25) is 0 Å². The summed E-state index contributed by atoms with van der Waals surface area (Å²) in [5.74, 6) is 3.37. The molecule has 1 aromatic rings. The summed E-state index contributed by atoms with van der Waals surface area (Å²) in [6, 6.07) is 11.5. The van der Waals surface area contributed by atoms with Gasteiger partial charge in [-0.15, -0.1) is 0 Å². The second-order valence-electron chi connectivity index (χ2n) is 7.65. The van der Waals surface area contributed by atoms with E-state index in [1.54, 1.807) is 0 Å². The van der Waals surface area contributed by atoms with Gasteiger partial charge in [-0.3, -0.25) is 4.99 Å². The molecule has 0 radical (unpaired) electrons. The lowest BCUT2D eigenvalue weighted by Crippen LogP contribution is -2.59. The van der Waals surface area contributed by atoms with Crippen molar-refractivity contribution in [2.75, 3.05) is 38.3 Å². The van der Waals surface area contributed by atoms with Crippen LogP contribution in [0.2, 0.25) is 0 Å². The van der Waals surface area contributed by atoms with E-state index in [1.165, 1.54) is 29.9 Å². The molecule has 2 saturated heterocycles. The number of hydrogen-bond acceptors (Lipinski definition) is 4. The molecule has 2 fully saturated rings. The molecule has 150 valence electrons. The fraction of sp³-hybridized carbons (Fsp3) is 0.667. The number of thioether (sulfide) groups is 1. The highest BCUT2D eigenvalue weighted by Crippen LogP contribution is 2.25. The van der Waals surface area contributed by atoms with E-state index in [1.807, 2.05) is 18.8 Å². The maximum atomic E-state index is 5.65. The van der Waals surface area contributed by atoms with Crippen molar-refractivity contribution in [3.63, 3.8) is 0 Å². The van der Waals surface area contributed by atoms with Gasteiger partial charge in [-0.2, -0.15) is 11.8 Å². The SMILES string of the molecule is CN=C(NCC1(NC(C)c2ccccc2)CCOCC1)NC1CCCSC1. The minimum Gasteiger partial charge on any atom is -0.381 e. The van der Waals surface area contributed by atoms with Gasteiger partial charge >= 0.3 is 0 Å². The average Bonchev–Trinajstić information content (AvgIpc) is 2.73. The Morgan fingerprint density at radius 2 is 2.07 bits per heavy atom.